The van der Waals surface area contributed by atoms with Crippen molar-refractivity contribution in [1.82, 2.24) is 4.98 Å². The van der Waals surface area contributed by atoms with Gasteiger partial charge in [-0.25, -0.2) is 18.5 Å². The molecule has 21 heavy (non-hydrogen) atoms. The highest BCUT2D eigenvalue weighted by atomic mass is 32.2. The van der Waals surface area contributed by atoms with Gasteiger partial charge in [0.15, 0.2) is 0 Å². The van der Waals surface area contributed by atoms with Crippen LogP contribution >= 0.6 is 0 Å². The molecule has 0 spiro atoms. The SMILES string of the molecule is Nc1ccc2c(c1)CN(c1ccc(S(N)(=O)=O)cn1)CC2. The number of nitrogens with zero attached hydrogens (tertiary/aromatic N) is 2. The van der Waals surface area contributed by atoms with E-state index in [1.54, 1.807) is 6.07 Å². The van der Waals surface area contributed by atoms with Gasteiger partial charge in [0.25, 0.3) is 0 Å². The lowest BCUT2D eigenvalue weighted by molar-refractivity contribution is 0.597. The van der Waals surface area contributed by atoms with E-state index in [4.69, 9.17) is 10.9 Å². The van der Waals surface area contributed by atoms with Crippen LogP contribution in [0.3, 0.4) is 0 Å². The molecule has 2 heterocycles. The van der Waals surface area contributed by atoms with E-state index in [2.05, 4.69) is 16.0 Å². The lowest BCUT2D eigenvalue weighted by Crippen LogP contribution is -2.31. The zero-order valence-electron chi connectivity index (χ0n) is 11.4. The van der Waals surface area contributed by atoms with Crippen molar-refractivity contribution < 1.29 is 8.42 Å². The van der Waals surface area contributed by atoms with Gasteiger partial charge in [-0.15, -0.1) is 0 Å². The van der Waals surface area contributed by atoms with Crippen molar-refractivity contribution in [2.24, 2.45) is 5.14 Å². The number of nitrogens with two attached hydrogens (primary N) is 2. The highest BCUT2D eigenvalue weighted by molar-refractivity contribution is 7.89. The molecule has 0 radical (unpaired) electrons. The van der Waals surface area contributed by atoms with E-state index in [0.717, 1.165) is 24.5 Å². The van der Waals surface area contributed by atoms with Crippen LogP contribution in [0.5, 0.6) is 0 Å². The standard InChI is InChI=1S/C14H16N4O2S/c15-12-2-1-10-5-6-18(9-11(10)7-12)14-4-3-13(8-17-14)21(16,19)20/h1-4,7-8H,5-6,9,15H2,(H2,16,19,20). The number of sulfonamides is 1. The van der Waals surface area contributed by atoms with Crippen LogP contribution < -0.4 is 15.8 Å². The molecule has 7 heteroatoms. The molecule has 0 unspecified atom stereocenters. The van der Waals surface area contributed by atoms with E-state index in [1.165, 1.54) is 23.4 Å². The molecule has 0 atom stereocenters. The molecule has 0 fully saturated rings. The monoisotopic (exact) mass is 304 g/mol. The minimum Gasteiger partial charge on any atom is -0.399 e. The zero-order chi connectivity index (χ0) is 15.0. The number of fused-ring (bicyclic) bond motifs is 1. The lowest BCUT2D eigenvalue weighted by Gasteiger charge is -2.30. The summed E-state index contributed by atoms with van der Waals surface area (Å²) in [4.78, 5) is 6.31. The summed E-state index contributed by atoms with van der Waals surface area (Å²) in [7, 11) is -3.70. The Morgan fingerprint density at radius 3 is 2.62 bits per heavy atom. The van der Waals surface area contributed by atoms with E-state index in [-0.39, 0.29) is 4.90 Å². The number of anilines is 2. The predicted octanol–water partition coefficient (Wildman–Crippen LogP) is 0.874. The molecule has 110 valence electrons. The summed E-state index contributed by atoms with van der Waals surface area (Å²) in [5.41, 5.74) is 9.04. The highest BCUT2D eigenvalue weighted by Gasteiger charge is 2.18. The normalized spacial score (nSPS) is 14.8. The van der Waals surface area contributed by atoms with Gasteiger partial charge in [-0.05, 0) is 41.8 Å². The van der Waals surface area contributed by atoms with Gasteiger partial charge in [-0.2, -0.15) is 0 Å². The van der Waals surface area contributed by atoms with Gasteiger partial charge in [-0.3, -0.25) is 0 Å². The van der Waals surface area contributed by atoms with Gasteiger partial charge in [-0.1, -0.05) is 6.07 Å². The van der Waals surface area contributed by atoms with E-state index in [0.29, 0.717) is 6.54 Å². The first-order chi connectivity index (χ1) is 9.93. The van der Waals surface area contributed by atoms with Crippen molar-refractivity contribution in [3.05, 3.63) is 47.7 Å². The molecule has 1 aromatic heterocycles. The third-order valence-electron chi connectivity index (χ3n) is 3.62. The summed E-state index contributed by atoms with van der Waals surface area (Å²) in [5.74, 6) is 0.732. The van der Waals surface area contributed by atoms with Gasteiger partial charge in [0.2, 0.25) is 10.0 Å². The fraction of sp³-hybridized carbons (Fsp3) is 0.214. The Balaban J connectivity index is 1.86. The molecule has 1 aliphatic heterocycles. The number of benzene rings is 1. The third-order valence-corrected chi connectivity index (χ3v) is 4.51. The second kappa shape index (κ2) is 5.01. The Labute approximate surface area is 123 Å². The second-order valence-corrected chi connectivity index (χ2v) is 6.66. The van der Waals surface area contributed by atoms with Crippen molar-refractivity contribution >= 4 is 21.5 Å². The van der Waals surface area contributed by atoms with Crippen LogP contribution in [0.4, 0.5) is 11.5 Å². The summed E-state index contributed by atoms with van der Waals surface area (Å²) >= 11 is 0. The topological polar surface area (TPSA) is 102 Å². The summed E-state index contributed by atoms with van der Waals surface area (Å²) < 4.78 is 22.5. The van der Waals surface area contributed by atoms with Crippen LogP contribution in [-0.2, 0) is 23.0 Å². The Bertz CT molecular complexity index is 772. The number of hydrogen-bond donors (Lipinski definition) is 2. The fourth-order valence-electron chi connectivity index (χ4n) is 2.50. The van der Waals surface area contributed by atoms with Crippen LogP contribution in [0.25, 0.3) is 0 Å². The van der Waals surface area contributed by atoms with Crippen LogP contribution in [0.2, 0.25) is 0 Å². The van der Waals surface area contributed by atoms with Crippen LogP contribution in [0, 0.1) is 0 Å². The first-order valence-corrected chi connectivity index (χ1v) is 8.09. The maximum absolute atomic E-state index is 11.2. The Kier molecular flexibility index (Phi) is 3.30. The molecular formula is C14H16N4O2S. The number of primary sulfonamides is 1. The maximum atomic E-state index is 11.2. The van der Waals surface area contributed by atoms with Gasteiger partial charge in [0, 0.05) is 25.0 Å². The van der Waals surface area contributed by atoms with Gasteiger partial charge < -0.3 is 10.6 Å². The minimum atomic E-state index is -3.70. The first kappa shape index (κ1) is 13.8. The summed E-state index contributed by atoms with van der Waals surface area (Å²) in [6.45, 7) is 1.54. The molecule has 0 saturated carbocycles. The number of hydrogen-bond acceptors (Lipinski definition) is 5. The molecule has 0 aliphatic carbocycles. The Hall–Kier alpha value is -2.12. The quantitative estimate of drug-likeness (QED) is 0.802. The van der Waals surface area contributed by atoms with Crippen LogP contribution in [0.15, 0.2) is 41.4 Å². The average molecular weight is 304 g/mol. The second-order valence-electron chi connectivity index (χ2n) is 5.10. The summed E-state index contributed by atoms with van der Waals surface area (Å²) in [5, 5.41) is 5.07. The van der Waals surface area contributed by atoms with Gasteiger partial charge >= 0.3 is 0 Å². The molecule has 0 saturated heterocycles. The molecule has 2 aromatic rings. The summed E-state index contributed by atoms with van der Waals surface area (Å²) in [6.07, 6.45) is 2.20. The van der Waals surface area contributed by atoms with Crippen molar-refractivity contribution in [3.8, 4) is 0 Å². The number of pyridine rings is 1. The highest BCUT2D eigenvalue weighted by Crippen LogP contribution is 2.25. The van der Waals surface area contributed by atoms with Crippen LogP contribution in [0.1, 0.15) is 11.1 Å². The number of rotatable bonds is 2. The summed E-state index contributed by atoms with van der Waals surface area (Å²) in [6, 6.07) is 9.09. The van der Waals surface area contributed by atoms with Crippen molar-refractivity contribution in [1.29, 1.82) is 0 Å². The van der Waals surface area contributed by atoms with Gasteiger partial charge in [0.05, 0.1) is 0 Å². The Morgan fingerprint density at radius 1 is 1.14 bits per heavy atom. The zero-order valence-corrected chi connectivity index (χ0v) is 12.2. The molecule has 0 bridgehead atoms. The van der Waals surface area contributed by atoms with Crippen molar-refractivity contribution in [2.75, 3.05) is 17.2 Å². The number of nitrogen functional groups attached to an aromatic ring is 1. The predicted molar refractivity (Wildman–Crippen MR) is 81.2 cm³/mol. The molecule has 0 amide bonds. The van der Waals surface area contributed by atoms with Crippen molar-refractivity contribution in [2.45, 2.75) is 17.9 Å². The smallest absolute Gasteiger partial charge is 0.239 e. The largest absolute Gasteiger partial charge is 0.399 e. The molecule has 1 aromatic carbocycles. The lowest BCUT2D eigenvalue weighted by atomic mass is 9.99. The molecule has 1 aliphatic rings. The minimum absolute atomic E-state index is 0.0212. The molecule has 3 rings (SSSR count). The first-order valence-electron chi connectivity index (χ1n) is 6.54. The van der Waals surface area contributed by atoms with E-state index < -0.39 is 10.0 Å². The Morgan fingerprint density at radius 2 is 1.95 bits per heavy atom. The average Bonchev–Trinajstić information content (AvgIpc) is 2.45. The van der Waals surface area contributed by atoms with Crippen molar-refractivity contribution in [3.63, 3.8) is 0 Å². The molecule has 6 nitrogen and oxygen atoms in total. The van der Waals surface area contributed by atoms with Crippen LogP contribution in [-0.4, -0.2) is 19.9 Å². The third kappa shape index (κ3) is 2.84. The van der Waals surface area contributed by atoms with E-state index >= 15 is 0 Å². The molecular weight excluding hydrogens is 288 g/mol. The van der Waals surface area contributed by atoms with E-state index in [1.807, 2.05) is 12.1 Å². The fourth-order valence-corrected chi connectivity index (χ4v) is 2.96. The van der Waals surface area contributed by atoms with Gasteiger partial charge in [0.1, 0.15) is 10.7 Å². The van der Waals surface area contributed by atoms with E-state index in [9.17, 15) is 8.42 Å². The number of aromatic nitrogens is 1. The molecule has 4 N–H and O–H groups in total. The maximum Gasteiger partial charge on any atom is 0.239 e.